The molecule has 1 atom stereocenters. The fourth-order valence-electron chi connectivity index (χ4n) is 3.79. The minimum Gasteiger partial charge on any atom is -0.436 e. The predicted molar refractivity (Wildman–Crippen MR) is 131 cm³/mol. The van der Waals surface area contributed by atoms with Crippen molar-refractivity contribution in [2.75, 3.05) is 21.0 Å². The third-order valence-corrected chi connectivity index (χ3v) is 8.72. The Morgan fingerprint density at radius 1 is 0.839 bits per heavy atom. The molecule has 0 saturated carbocycles. The van der Waals surface area contributed by atoms with Crippen LogP contribution >= 0.6 is 0 Å². The van der Waals surface area contributed by atoms with Crippen molar-refractivity contribution in [2.45, 2.75) is 116 Å². The number of ether oxygens (including phenoxy) is 1. The minimum absolute atomic E-state index is 0.161. The van der Waals surface area contributed by atoms with Crippen molar-refractivity contribution in [3.05, 3.63) is 12.7 Å². The van der Waals surface area contributed by atoms with Gasteiger partial charge in [-0.15, -0.1) is 0 Å². The van der Waals surface area contributed by atoms with Crippen molar-refractivity contribution >= 4 is 14.8 Å². The van der Waals surface area contributed by atoms with E-state index < -0.39 is 14.8 Å². The summed E-state index contributed by atoms with van der Waals surface area (Å²) >= 11 is 0. The molecule has 0 bridgehead atoms. The second kappa shape index (κ2) is 21.2. The summed E-state index contributed by atoms with van der Waals surface area (Å²) in [6.07, 6.45) is 21.3. The Bertz CT molecular complexity index is 426. The van der Waals surface area contributed by atoms with Crippen LogP contribution in [0.3, 0.4) is 0 Å². The largest absolute Gasteiger partial charge is 0.502 e. The van der Waals surface area contributed by atoms with Gasteiger partial charge in [0.25, 0.3) is 0 Å². The first-order valence-corrected chi connectivity index (χ1v) is 14.5. The lowest BCUT2D eigenvalue weighted by Gasteiger charge is -2.27. The summed E-state index contributed by atoms with van der Waals surface area (Å²) < 4.78 is 21.7. The van der Waals surface area contributed by atoms with Gasteiger partial charge in [-0.2, -0.15) is 0 Å². The van der Waals surface area contributed by atoms with Crippen molar-refractivity contribution in [1.82, 2.24) is 0 Å². The zero-order chi connectivity index (χ0) is 23.2. The smallest absolute Gasteiger partial charge is 0.436 e. The molecule has 0 spiro atoms. The van der Waals surface area contributed by atoms with Gasteiger partial charge in [0.15, 0.2) is 6.79 Å². The maximum atomic E-state index is 11.2. The van der Waals surface area contributed by atoms with E-state index in [0.29, 0.717) is 5.92 Å². The van der Waals surface area contributed by atoms with Gasteiger partial charge in [0, 0.05) is 26.3 Å². The first-order valence-electron chi connectivity index (χ1n) is 12.6. The lowest BCUT2D eigenvalue weighted by molar-refractivity contribution is -0.146. The molecule has 0 amide bonds. The van der Waals surface area contributed by atoms with E-state index in [4.69, 9.17) is 18.0 Å². The van der Waals surface area contributed by atoms with Crippen LogP contribution < -0.4 is 0 Å². The van der Waals surface area contributed by atoms with Crippen molar-refractivity contribution < 1.29 is 22.8 Å². The van der Waals surface area contributed by atoms with Gasteiger partial charge in [-0.1, -0.05) is 110 Å². The van der Waals surface area contributed by atoms with Crippen molar-refractivity contribution in [3.8, 4) is 0 Å². The van der Waals surface area contributed by atoms with Gasteiger partial charge < -0.3 is 18.0 Å². The lowest BCUT2D eigenvalue weighted by Crippen LogP contribution is -2.44. The fourth-order valence-corrected chi connectivity index (χ4v) is 5.83. The molecule has 5 nitrogen and oxygen atoms in total. The molecule has 184 valence electrons. The zero-order valence-corrected chi connectivity index (χ0v) is 21.9. The minimum atomic E-state index is -2.78. The number of carbonyl (C=O) groups excluding carboxylic acids is 1. The van der Waals surface area contributed by atoms with Gasteiger partial charge in [0.2, 0.25) is 0 Å². The van der Waals surface area contributed by atoms with Crippen molar-refractivity contribution in [3.63, 3.8) is 0 Å². The molecule has 0 radical (unpaired) electrons. The molecule has 1 unspecified atom stereocenters. The number of unbranched alkanes of at least 4 members (excludes halogenated alkanes) is 12. The normalized spacial score (nSPS) is 12.6. The number of esters is 1. The summed E-state index contributed by atoms with van der Waals surface area (Å²) in [4.78, 5) is 11.2. The summed E-state index contributed by atoms with van der Waals surface area (Å²) in [6.45, 7) is 7.77. The van der Waals surface area contributed by atoms with Crippen LogP contribution in [0.25, 0.3) is 0 Å². The summed E-state index contributed by atoms with van der Waals surface area (Å²) in [6, 6.07) is 0.727. The third-order valence-electron chi connectivity index (χ3n) is 6.01. The quantitative estimate of drug-likeness (QED) is 0.0524. The highest BCUT2D eigenvalue weighted by Crippen LogP contribution is 2.23. The Morgan fingerprint density at radius 2 is 1.32 bits per heavy atom. The van der Waals surface area contributed by atoms with Gasteiger partial charge in [-0.05, 0) is 12.3 Å². The van der Waals surface area contributed by atoms with E-state index in [0.717, 1.165) is 18.5 Å². The predicted octanol–water partition coefficient (Wildman–Crippen LogP) is 7.43. The van der Waals surface area contributed by atoms with Gasteiger partial charge in [0.1, 0.15) is 0 Å². The summed E-state index contributed by atoms with van der Waals surface area (Å²) in [5.74, 6) is 0.0927. The van der Waals surface area contributed by atoms with Gasteiger partial charge in [-0.3, -0.25) is 0 Å². The lowest BCUT2D eigenvalue weighted by atomic mass is 9.99. The number of hydrogen-bond donors (Lipinski definition) is 0. The van der Waals surface area contributed by atoms with Crippen LogP contribution in [0.15, 0.2) is 12.7 Å². The Labute approximate surface area is 193 Å². The van der Waals surface area contributed by atoms with Crippen LogP contribution in [-0.4, -0.2) is 35.8 Å². The monoisotopic (exact) mass is 458 g/mol. The second-order valence-electron chi connectivity index (χ2n) is 8.70. The molecule has 0 saturated heterocycles. The van der Waals surface area contributed by atoms with Gasteiger partial charge in [-0.25, -0.2) is 4.79 Å². The molecule has 0 aromatic heterocycles. The maximum Gasteiger partial charge on any atom is 0.502 e. The van der Waals surface area contributed by atoms with E-state index in [-0.39, 0.29) is 6.79 Å². The topological polar surface area (TPSA) is 54.0 Å². The first-order chi connectivity index (χ1) is 15.0. The third kappa shape index (κ3) is 17.5. The van der Waals surface area contributed by atoms with Gasteiger partial charge in [0.05, 0.1) is 0 Å². The van der Waals surface area contributed by atoms with Crippen molar-refractivity contribution in [1.29, 1.82) is 0 Å². The van der Waals surface area contributed by atoms with Crippen LogP contribution in [0.4, 0.5) is 0 Å². The molecule has 31 heavy (non-hydrogen) atoms. The standard InChI is InChI=1S/C25H50O5Si/c1-6-8-9-10-11-12-13-14-15-16-17-18-19-20-24(3)21-22-31(27-4,28-5)30-23-29-25(26)7-2/h7,24H,2,6,8-23H2,1,3-5H3. The molecule has 0 rings (SSSR count). The summed E-state index contributed by atoms with van der Waals surface area (Å²) in [5.41, 5.74) is 0. The Balaban J connectivity index is 3.71. The Hall–Kier alpha value is -0.693. The molecule has 0 fully saturated rings. The van der Waals surface area contributed by atoms with E-state index in [2.05, 4.69) is 20.4 Å². The summed E-state index contributed by atoms with van der Waals surface area (Å²) in [7, 11) is 0.415. The molecule has 0 heterocycles. The highest BCUT2D eigenvalue weighted by Gasteiger charge is 2.39. The average Bonchev–Trinajstić information content (AvgIpc) is 2.79. The molecular formula is C25H50O5Si. The SMILES string of the molecule is C=CC(=O)OCO[Si](CCC(C)CCCCCCCCCCCCCCC)(OC)OC. The summed E-state index contributed by atoms with van der Waals surface area (Å²) in [5, 5.41) is 0. The molecule has 0 aromatic carbocycles. The van der Waals surface area contributed by atoms with E-state index in [1.807, 2.05) is 0 Å². The molecule has 0 N–H and O–H groups in total. The Morgan fingerprint density at radius 3 is 1.77 bits per heavy atom. The molecule has 0 aliphatic rings. The second-order valence-corrected chi connectivity index (χ2v) is 11.7. The molecule has 0 aliphatic heterocycles. The van der Waals surface area contributed by atoms with Crippen LogP contribution in [0, 0.1) is 5.92 Å². The number of carbonyl (C=O) groups is 1. The fraction of sp³-hybridized carbons (Fsp3) is 0.880. The van der Waals surface area contributed by atoms with E-state index in [1.54, 1.807) is 14.2 Å². The van der Waals surface area contributed by atoms with Crippen molar-refractivity contribution in [2.24, 2.45) is 5.92 Å². The first kappa shape index (κ1) is 30.3. The van der Waals surface area contributed by atoms with E-state index >= 15 is 0 Å². The van der Waals surface area contributed by atoms with Crippen LogP contribution in [-0.2, 0) is 22.8 Å². The highest BCUT2D eigenvalue weighted by atomic mass is 28.4. The van der Waals surface area contributed by atoms with Gasteiger partial charge >= 0.3 is 14.8 Å². The highest BCUT2D eigenvalue weighted by molar-refractivity contribution is 6.60. The zero-order valence-electron chi connectivity index (χ0n) is 20.9. The Kier molecular flexibility index (Phi) is 20.7. The number of hydrogen-bond acceptors (Lipinski definition) is 5. The van der Waals surface area contributed by atoms with Crippen LogP contribution in [0.1, 0.15) is 110 Å². The molecular weight excluding hydrogens is 408 g/mol. The van der Waals surface area contributed by atoms with Crippen LogP contribution in [0.5, 0.6) is 0 Å². The van der Waals surface area contributed by atoms with Crippen LogP contribution in [0.2, 0.25) is 6.04 Å². The van der Waals surface area contributed by atoms with E-state index in [9.17, 15) is 4.79 Å². The molecule has 0 aromatic rings. The average molecular weight is 459 g/mol. The van der Waals surface area contributed by atoms with E-state index in [1.165, 1.54) is 89.9 Å². The molecule has 6 heteroatoms. The maximum absolute atomic E-state index is 11.2. The number of rotatable bonds is 23. The molecule has 0 aliphatic carbocycles.